The maximum absolute atomic E-state index is 14.4. The van der Waals surface area contributed by atoms with Crippen molar-refractivity contribution >= 4 is 19.5 Å². The van der Waals surface area contributed by atoms with E-state index in [1.54, 1.807) is 53.5 Å². The molecule has 43 heavy (non-hydrogen) atoms. The van der Waals surface area contributed by atoms with Crippen LogP contribution in [0, 0.1) is 5.82 Å². The van der Waals surface area contributed by atoms with E-state index in [2.05, 4.69) is 15.1 Å². The Bertz CT molecular complexity index is 1650. The number of H-pyrrole nitrogens is 1. The number of esters is 1. The van der Waals surface area contributed by atoms with Crippen molar-refractivity contribution in [3.8, 4) is 5.75 Å². The van der Waals surface area contributed by atoms with E-state index in [0.29, 0.717) is 10.1 Å². The first-order valence-corrected chi connectivity index (χ1v) is 14.2. The van der Waals surface area contributed by atoms with Gasteiger partial charge in [0.15, 0.2) is 12.0 Å². The van der Waals surface area contributed by atoms with Gasteiger partial charge < -0.3 is 24.2 Å². The summed E-state index contributed by atoms with van der Waals surface area (Å²) in [5, 5.41) is 26.6. The van der Waals surface area contributed by atoms with Gasteiger partial charge in [-0.25, -0.2) is 9.36 Å². The molecule has 4 rings (SSSR count). The number of aliphatic hydroxyl groups excluding tert-OH is 2. The lowest BCUT2D eigenvalue weighted by Crippen LogP contribution is -2.39. The highest BCUT2D eigenvalue weighted by molar-refractivity contribution is 7.52. The molecule has 1 unspecified atom stereocenters. The van der Waals surface area contributed by atoms with Gasteiger partial charge >= 0.3 is 19.4 Å². The molecule has 0 amide bonds. The van der Waals surface area contributed by atoms with Crippen LogP contribution >= 0.6 is 7.75 Å². The lowest BCUT2D eigenvalue weighted by molar-refractivity contribution is -0.146. The molecule has 228 valence electrons. The zero-order chi connectivity index (χ0) is 31.1. The quantitative estimate of drug-likeness (QED) is 0.0754. The van der Waals surface area contributed by atoms with Crippen LogP contribution in [0.2, 0.25) is 0 Å². The average molecular weight is 620 g/mol. The van der Waals surface area contributed by atoms with Gasteiger partial charge in [0.05, 0.1) is 6.61 Å². The minimum Gasteiger partial charge on any atom is -0.460 e. The van der Waals surface area contributed by atoms with Gasteiger partial charge in [-0.3, -0.25) is 23.7 Å². The number of aromatic amines is 1. The van der Waals surface area contributed by atoms with E-state index in [1.807, 2.05) is 0 Å². The standard InChI is InChI=1S/C25H26FN6O10P/c1-14(24(36)39-12-15-8-4-2-5-9-15)30-43(38,42-16-10-6-3-7-11-16)40-13-17-19(33)20(34)23(41-17)32-21(29-31-27)18(26)22(35)28-25(32)37/h2-11,14,17,19-20,23,33-34H,12-13H2,1H3,(H,30,38)(H,28,35,37)/t14-,17+,19+,20+,23+,43?/m0/s1. The lowest BCUT2D eigenvalue weighted by Gasteiger charge is -2.24. The summed E-state index contributed by atoms with van der Waals surface area (Å²) >= 11 is 0. The van der Waals surface area contributed by atoms with Gasteiger partial charge in [0.1, 0.15) is 36.7 Å². The third kappa shape index (κ3) is 7.55. The molecular weight excluding hydrogens is 594 g/mol. The van der Waals surface area contributed by atoms with Crippen LogP contribution < -0.4 is 20.9 Å². The zero-order valence-corrected chi connectivity index (χ0v) is 23.2. The first-order chi connectivity index (χ1) is 20.5. The van der Waals surface area contributed by atoms with E-state index in [0.717, 1.165) is 0 Å². The SMILES string of the molecule is C[C@H](NP(=O)(OC[C@H]1O[C@@H](n2c(N=[N+]=[N-])c(F)c(=O)[nH]c2=O)[C@H](O)[C@@H]1O)Oc1ccccc1)C(=O)OCc1ccccc1. The number of benzene rings is 2. The Morgan fingerprint density at radius 1 is 1.19 bits per heavy atom. The van der Waals surface area contributed by atoms with E-state index in [4.69, 9.17) is 24.1 Å². The summed E-state index contributed by atoms with van der Waals surface area (Å²) in [5.74, 6) is -3.44. The van der Waals surface area contributed by atoms with Crippen LogP contribution in [0.4, 0.5) is 10.2 Å². The Morgan fingerprint density at radius 3 is 2.49 bits per heavy atom. The van der Waals surface area contributed by atoms with Crippen LogP contribution in [0.25, 0.3) is 10.4 Å². The first kappa shape index (κ1) is 31.6. The van der Waals surface area contributed by atoms with Crippen molar-refractivity contribution in [1.29, 1.82) is 0 Å². The molecule has 6 atom stereocenters. The lowest BCUT2D eigenvalue weighted by atomic mass is 10.1. The second kappa shape index (κ2) is 13.8. The van der Waals surface area contributed by atoms with Gasteiger partial charge in [0, 0.05) is 4.91 Å². The van der Waals surface area contributed by atoms with Crippen LogP contribution in [0.15, 0.2) is 75.4 Å². The van der Waals surface area contributed by atoms with E-state index < -0.39 is 73.8 Å². The number of aliphatic hydroxyl groups is 2. The largest absolute Gasteiger partial charge is 0.460 e. The van der Waals surface area contributed by atoms with Gasteiger partial charge in [-0.1, -0.05) is 48.5 Å². The molecule has 2 aromatic carbocycles. The highest BCUT2D eigenvalue weighted by atomic mass is 31.2. The normalized spacial score (nSPS) is 21.8. The van der Waals surface area contributed by atoms with E-state index in [-0.39, 0.29) is 12.4 Å². The number of azide groups is 1. The van der Waals surface area contributed by atoms with Crippen molar-refractivity contribution in [2.75, 3.05) is 6.61 Å². The molecule has 1 aliphatic rings. The number of carbonyl (C=O) groups excluding carboxylic acids is 1. The summed E-state index contributed by atoms with van der Waals surface area (Å²) in [6.07, 6.45) is -7.13. The number of hydrogen-bond donors (Lipinski definition) is 4. The number of halogens is 1. The third-order valence-electron chi connectivity index (χ3n) is 6.10. The second-order valence-corrected chi connectivity index (χ2v) is 10.8. The highest BCUT2D eigenvalue weighted by Crippen LogP contribution is 2.46. The van der Waals surface area contributed by atoms with Gasteiger partial charge in [0.25, 0.3) is 5.56 Å². The monoisotopic (exact) mass is 620 g/mol. The molecule has 0 radical (unpaired) electrons. The molecular formula is C25H26FN6O10P. The summed E-state index contributed by atoms with van der Waals surface area (Å²) < 4.78 is 50.2. The zero-order valence-electron chi connectivity index (χ0n) is 22.3. The Morgan fingerprint density at radius 2 is 1.84 bits per heavy atom. The molecule has 0 spiro atoms. The fourth-order valence-corrected chi connectivity index (χ4v) is 5.49. The smallest absolute Gasteiger partial charge is 0.459 e. The summed E-state index contributed by atoms with van der Waals surface area (Å²) in [7, 11) is -4.45. The summed E-state index contributed by atoms with van der Waals surface area (Å²) in [6, 6.07) is 15.4. The predicted octanol–water partition coefficient (Wildman–Crippen LogP) is 2.16. The summed E-state index contributed by atoms with van der Waals surface area (Å²) in [5.41, 5.74) is 6.68. The maximum atomic E-state index is 14.4. The van der Waals surface area contributed by atoms with E-state index in [9.17, 15) is 33.6 Å². The van der Waals surface area contributed by atoms with Gasteiger partial charge in [-0.15, -0.1) is 0 Å². The Hall–Kier alpha value is -4.34. The van der Waals surface area contributed by atoms with E-state index >= 15 is 0 Å². The topological polar surface area (TPSA) is 227 Å². The summed E-state index contributed by atoms with van der Waals surface area (Å²) in [6.45, 7) is 0.544. The Labute approximate surface area is 241 Å². The maximum Gasteiger partial charge on any atom is 0.459 e. The average Bonchev–Trinajstić information content (AvgIpc) is 3.27. The molecule has 3 aromatic rings. The van der Waals surface area contributed by atoms with Crippen LogP contribution in [0.1, 0.15) is 18.7 Å². The third-order valence-corrected chi connectivity index (χ3v) is 7.74. The second-order valence-electron chi connectivity index (χ2n) is 9.14. The van der Waals surface area contributed by atoms with Crippen molar-refractivity contribution in [2.45, 2.75) is 44.1 Å². The van der Waals surface area contributed by atoms with Crippen LogP contribution in [-0.2, 0) is 30.0 Å². The van der Waals surface area contributed by atoms with Crippen molar-refractivity contribution < 1.29 is 42.5 Å². The van der Waals surface area contributed by atoms with Crippen LogP contribution in [0.5, 0.6) is 5.75 Å². The number of para-hydroxylation sites is 1. The molecule has 1 aliphatic heterocycles. The molecule has 0 aliphatic carbocycles. The number of hydrogen-bond acceptors (Lipinski definition) is 11. The molecule has 1 aromatic heterocycles. The number of ether oxygens (including phenoxy) is 2. The predicted molar refractivity (Wildman–Crippen MR) is 145 cm³/mol. The van der Waals surface area contributed by atoms with Gasteiger partial charge in [-0.2, -0.15) is 9.48 Å². The number of aromatic nitrogens is 2. The van der Waals surface area contributed by atoms with Crippen molar-refractivity contribution in [3.63, 3.8) is 0 Å². The van der Waals surface area contributed by atoms with Crippen LogP contribution in [0.3, 0.4) is 0 Å². The van der Waals surface area contributed by atoms with Crippen molar-refractivity contribution in [1.82, 2.24) is 14.6 Å². The number of nitrogens with one attached hydrogen (secondary N) is 2. The minimum absolute atomic E-state index is 0.0552. The molecule has 2 heterocycles. The molecule has 4 N–H and O–H groups in total. The van der Waals surface area contributed by atoms with Crippen LogP contribution in [-0.4, -0.2) is 56.7 Å². The Kier molecular flexibility index (Phi) is 10.1. The number of carbonyl (C=O) groups is 1. The Balaban J connectivity index is 1.51. The molecule has 1 saturated heterocycles. The first-order valence-electron chi connectivity index (χ1n) is 12.6. The fraction of sp³-hybridized carbons (Fsp3) is 0.320. The van der Waals surface area contributed by atoms with Gasteiger partial charge in [-0.05, 0) is 35.3 Å². The molecule has 1 fully saturated rings. The number of nitrogens with zero attached hydrogens (tertiary/aromatic N) is 4. The molecule has 0 bridgehead atoms. The molecule has 0 saturated carbocycles. The highest BCUT2D eigenvalue weighted by Gasteiger charge is 2.46. The molecule has 18 heteroatoms. The molecule has 16 nitrogen and oxygen atoms in total. The van der Waals surface area contributed by atoms with E-state index in [1.165, 1.54) is 19.1 Å². The van der Waals surface area contributed by atoms with Gasteiger partial charge in [0.2, 0.25) is 5.82 Å². The van der Waals surface area contributed by atoms with Crippen molar-refractivity contribution in [2.24, 2.45) is 5.11 Å². The number of rotatable bonds is 12. The summed E-state index contributed by atoms with van der Waals surface area (Å²) in [4.78, 5) is 40.7. The fourth-order valence-electron chi connectivity index (χ4n) is 3.99. The minimum atomic E-state index is -4.45. The van der Waals surface area contributed by atoms with Crippen molar-refractivity contribution in [3.05, 3.63) is 103 Å².